The summed E-state index contributed by atoms with van der Waals surface area (Å²) in [4.78, 5) is 4.55. The maximum atomic E-state index is 5.30. The molecular formula is C17H21N3O. The molecule has 4 heteroatoms. The van der Waals surface area contributed by atoms with Crippen LogP contribution in [-0.2, 0) is 0 Å². The SMILES string of the molecule is COc1ccc2c(NC3CC4CCC(C3)N4)nccc2c1. The van der Waals surface area contributed by atoms with Gasteiger partial charge >= 0.3 is 0 Å². The Kier molecular flexibility index (Phi) is 3.19. The molecule has 1 aromatic carbocycles. The number of piperidine rings is 1. The number of anilines is 1. The van der Waals surface area contributed by atoms with Crippen molar-refractivity contribution in [2.45, 2.75) is 43.8 Å². The zero-order valence-corrected chi connectivity index (χ0v) is 12.3. The van der Waals surface area contributed by atoms with Crippen LogP contribution in [0.1, 0.15) is 25.7 Å². The largest absolute Gasteiger partial charge is 0.497 e. The summed E-state index contributed by atoms with van der Waals surface area (Å²) >= 11 is 0. The van der Waals surface area contributed by atoms with E-state index in [0.717, 1.165) is 11.6 Å². The molecule has 1 aromatic heterocycles. The molecule has 2 unspecified atom stereocenters. The Morgan fingerprint density at radius 1 is 1.19 bits per heavy atom. The number of nitrogens with one attached hydrogen (secondary N) is 2. The van der Waals surface area contributed by atoms with Gasteiger partial charge in [-0.15, -0.1) is 0 Å². The van der Waals surface area contributed by atoms with Gasteiger partial charge in [0.2, 0.25) is 0 Å². The fourth-order valence-electron chi connectivity index (χ4n) is 3.77. The van der Waals surface area contributed by atoms with E-state index in [-0.39, 0.29) is 0 Å². The minimum absolute atomic E-state index is 0.531. The van der Waals surface area contributed by atoms with Gasteiger partial charge in [0.1, 0.15) is 11.6 Å². The number of aromatic nitrogens is 1. The summed E-state index contributed by atoms with van der Waals surface area (Å²) in [6.07, 6.45) is 6.92. The Hall–Kier alpha value is -1.81. The van der Waals surface area contributed by atoms with Crippen LogP contribution in [0.2, 0.25) is 0 Å². The lowest BCUT2D eigenvalue weighted by Crippen LogP contribution is -2.43. The van der Waals surface area contributed by atoms with Crippen molar-refractivity contribution in [2.75, 3.05) is 12.4 Å². The number of hydrogen-bond donors (Lipinski definition) is 2. The fourth-order valence-corrected chi connectivity index (χ4v) is 3.77. The topological polar surface area (TPSA) is 46.2 Å². The van der Waals surface area contributed by atoms with Gasteiger partial charge in [-0.2, -0.15) is 0 Å². The van der Waals surface area contributed by atoms with Crippen molar-refractivity contribution >= 4 is 16.6 Å². The summed E-state index contributed by atoms with van der Waals surface area (Å²) in [6, 6.07) is 10.1. The van der Waals surface area contributed by atoms with Crippen molar-refractivity contribution in [3.8, 4) is 5.75 Å². The van der Waals surface area contributed by atoms with Crippen molar-refractivity contribution in [1.82, 2.24) is 10.3 Å². The lowest BCUT2D eigenvalue weighted by molar-refractivity contribution is 0.378. The maximum Gasteiger partial charge on any atom is 0.134 e. The normalized spacial score (nSPS) is 27.8. The van der Waals surface area contributed by atoms with Crippen LogP contribution in [0.5, 0.6) is 5.75 Å². The molecule has 0 aliphatic carbocycles. The monoisotopic (exact) mass is 283 g/mol. The number of methoxy groups -OCH3 is 1. The predicted molar refractivity (Wildman–Crippen MR) is 84.9 cm³/mol. The van der Waals surface area contributed by atoms with Gasteiger partial charge in [-0.3, -0.25) is 0 Å². The highest BCUT2D eigenvalue weighted by molar-refractivity contribution is 5.92. The predicted octanol–water partition coefficient (Wildman–Crippen LogP) is 2.94. The fraction of sp³-hybridized carbons (Fsp3) is 0.471. The number of ether oxygens (including phenoxy) is 1. The standard InChI is InChI=1S/C17H21N3O/c1-21-15-4-5-16-11(8-15)6-7-18-17(16)20-14-9-12-2-3-13(10-14)19-12/h4-8,12-14,19H,2-3,9-10H2,1H3,(H,18,20). The van der Waals surface area contributed by atoms with Gasteiger partial charge in [0.25, 0.3) is 0 Å². The second kappa shape index (κ2) is 5.19. The van der Waals surface area contributed by atoms with Crippen LogP contribution in [-0.4, -0.2) is 30.2 Å². The summed E-state index contributed by atoms with van der Waals surface area (Å²) in [5.41, 5.74) is 0. The number of nitrogens with zero attached hydrogens (tertiary/aromatic N) is 1. The first-order chi connectivity index (χ1) is 10.3. The molecular weight excluding hydrogens is 262 g/mol. The first kappa shape index (κ1) is 12.9. The van der Waals surface area contributed by atoms with Gasteiger partial charge in [-0.25, -0.2) is 4.98 Å². The van der Waals surface area contributed by atoms with E-state index in [1.807, 2.05) is 18.3 Å². The van der Waals surface area contributed by atoms with E-state index in [0.29, 0.717) is 18.1 Å². The zero-order valence-electron chi connectivity index (χ0n) is 12.3. The summed E-state index contributed by atoms with van der Waals surface area (Å²) in [6.45, 7) is 0. The lowest BCUT2D eigenvalue weighted by atomic mass is 9.99. The third kappa shape index (κ3) is 2.44. The highest BCUT2D eigenvalue weighted by atomic mass is 16.5. The molecule has 2 fully saturated rings. The van der Waals surface area contributed by atoms with Crippen LogP contribution in [0.3, 0.4) is 0 Å². The first-order valence-corrected chi connectivity index (χ1v) is 7.77. The van der Waals surface area contributed by atoms with Crippen molar-refractivity contribution in [2.24, 2.45) is 0 Å². The summed E-state index contributed by atoms with van der Waals surface area (Å²) < 4.78 is 5.30. The second-order valence-electron chi connectivity index (χ2n) is 6.20. The van der Waals surface area contributed by atoms with E-state index in [4.69, 9.17) is 4.74 Å². The number of benzene rings is 1. The number of hydrogen-bond acceptors (Lipinski definition) is 4. The Labute approximate surface area is 124 Å². The molecule has 2 aliphatic rings. The molecule has 0 saturated carbocycles. The van der Waals surface area contributed by atoms with E-state index in [9.17, 15) is 0 Å². The van der Waals surface area contributed by atoms with Crippen molar-refractivity contribution in [1.29, 1.82) is 0 Å². The molecule has 0 spiro atoms. The molecule has 4 rings (SSSR count). The Bertz CT molecular complexity index is 646. The molecule has 2 aromatic rings. The van der Waals surface area contributed by atoms with E-state index in [2.05, 4.69) is 27.8 Å². The highest BCUT2D eigenvalue weighted by Gasteiger charge is 2.33. The van der Waals surface area contributed by atoms with Crippen molar-refractivity contribution in [3.63, 3.8) is 0 Å². The molecule has 3 heterocycles. The Balaban J connectivity index is 1.61. The number of pyridine rings is 1. The summed E-state index contributed by atoms with van der Waals surface area (Å²) in [5, 5.41) is 9.69. The molecule has 0 amide bonds. The summed E-state index contributed by atoms with van der Waals surface area (Å²) in [7, 11) is 1.70. The van der Waals surface area contributed by atoms with Gasteiger partial charge in [0.15, 0.2) is 0 Å². The second-order valence-corrected chi connectivity index (χ2v) is 6.20. The van der Waals surface area contributed by atoms with Crippen LogP contribution in [0, 0.1) is 0 Å². The molecule has 4 nitrogen and oxygen atoms in total. The van der Waals surface area contributed by atoms with Crippen molar-refractivity contribution in [3.05, 3.63) is 30.5 Å². The number of fused-ring (bicyclic) bond motifs is 3. The molecule has 0 radical (unpaired) electrons. The third-order valence-electron chi connectivity index (χ3n) is 4.79. The van der Waals surface area contributed by atoms with Gasteiger partial charge < -0.3 is 15.4 Å². The van der Waals surface area contributed by atoms with Crippen LogP contribution in [0.25, 0.3) is 10.8 Å². The molecule has 2 bridgehead atoms. The minimum Gasteiger partial charge on any atom is -0.497 e. The maximum absolute atomic E-state index is 5.30. The number of rotatable bonds is 3. The van der Waals surface area contributed by atoms with E-state index in [1.54, 1.807) is 7.11 Å². The van der Waals surface area contributed by atoms with Gasteiger partial charge in [-0.1, -0.05) is 0 Å². The van der Waals surface area contributed by atoms with Crippen LogP contribution < -0.4 is 15.4 Å². The average Bonchev–Trinajstić information content (AvgIpc) is 2.86. The van der Waals surface area contributed by atoms with Gasteiger partial charge in [0.05, 0.1) is 7.11 Å². The smallest absolute Gasteiger partial charge is 0.134 e. The summed E-state index contributed by atoms with van der Waals surface area (Å²) in [5.74, 6) is 1.89. The van der Waals surface area contributed by atoms with Crippen molar-refractivity contribution < 1.29 is 4.74 Å². The zero-order chi connectivity index (χ0) is 14.2. The first-order valence-electron chi connectivity index (χ1n) is 7.77. The quantitative estimate of drug-likeness (QED) is 0.909. The lowest BCUT2D eigenvalue weighted by Gasteiger charge is -2.30. The highest BCUT2D eigenvalue weighted by Crippen LogP contribution is 2.31. The Morgan fingerprint density at radius 2 is 2.00 bits per heavy atom. The minimum atomic E-state index is 0.531. The van der Waals surface area contributed by atoms with Gasteiger partial charge in [-0.05, 0) is 55.3 Å². The molecule has 110 valence electrons. The van der Waals surface area contributed by atoms with E-state index >= 15 is 0 Å². The molecule has 2 aliphatic heterocycles. The van der Waals surface area contributed by atoms with Crippen LogP contribution in [0.15, 0.2) is 30.5 Å². The van der Waals surface area contributed by atoms with E-state index in [1.165, 1.54) is 36.5 Å². The van der Waals surface area contributed by atoms with E-state index < -0.39 is 0 Å². The third-order valence-corrected chi connectivity index (χ3v) is 4.79. The average molecular weight is 283 g/mol. The van der Waals surface area contributed by atoms with Crippen LogP contribution in [0.4, 0.5) is 5.82 Å². The molecule has 2 N–H and O–H groups in total. The van der Waals surface area contributed by atoms with Crippen LogP contribution >= 0.6 is 0 Å². The molecule has 2 saturated heterocycles. The molecule has 2 atom stereocenters. The Morgan fingerprint density at radius 3 is 2.76 bits per heavy atom. The molecule has 21 heavy (non-hydrogen) atoms. The van der Waals surface area contributed by atoms with Gasteiger partial charge in [0, 0.05) is 29.7 Å².